The number of hydrogen-bond donors (Lipinski definition) is 0. The van der Waals surface area contributed by atoms with E-state index in [0.29, 0.717) is 7.85 Å². The lowest BCUT2D eigenvalue weighted by Gasteiger charge is -1.87. The van der Waals surface area contributed by atoms with Crippen LogP contribution in [0.2, 0.25) is 0 Å². The average Bonchev–Trinajstić information content (AvgIpc) is 2.26. The first kappa shape index (κ1) is 16.7. The summed E-state index contributed by atoms with van der Waals surface area (Å²) in [6.07, 6.45) is 7.75. The first-order valence-corrected chi connectivity index (χ1v) is 10.3. The lowest BCUT2D eigenvalue weighted by molar-refractivity contribution is 0.931. The number of rotatable bonds is 6. The zero-order chi connectivity index (χ0) is 11.5. The first-order chi connectivity index (χ1) is 7.20. The summed E-state index contributed by atoms with van der Waals surface area (Å²) in [6, 6.07) is 0. The van der Waals surface area contributed by atoms with Crippen molar-refractivity contribution < 1.29 is 1.40 Å². The van der Waals surface area contributed by atoms with E-state index >= 15 is 0 Å². The number of alkyl halides is 2. The second kappa shape index (κ2) is 12.1. The number of halogens is 4. The molecule has 0 rings (SSSR count). The average molecular weight is 654 g/mol. The lowest BCUT2D eigenvalue weighted by Crippen LogP contribution is -1.81. The molecule has 0 radical (unpaired) electrons. The van der Waals surface area contributed by atoms with Gasteiger partial charge in [0.25, 0.3) is 0 Å². The maximum absolute atomic E-state index is 5.48. The van der Waals surface area contributed by atoms with Crippen molar-refractivity contribution in [2.75, 3.05) is 0 Å². The Morgan fingerprint density at radius 2 is 1.40 bits per heavy atom. The topological polar surface area (TPSA) is 9.23 Å². The molecule has 0 spiro atoms. The molecule has 2 atom stereocenters. The molecule has 0 aromatic heterocycles. The van der Waals surface area contributed by atoms with Gasteiger partial charge in [-0.15, -0.1) is 13.2 Å². The fourth-order valence-corrected chi connectivity index (χ4v) is 5.28. The summed E-state index contributed by atoms with van der Waals surface area (Å²) in [6.45, 7) is 7.38. The highest BCUT2D eigenvalue weighted by Crippen LogP contribution is 2.10. The molecular weight excluding hydrogens is 644 g/mol. The minimum atomic E-state index is -0.372. The maximum atomic E-state index is 5.48. The van der Waals surface area contributed by atoms with Crippen molar-refractivity contribution in [1.82, 2.24) is 0 Å². The fourth-order valence-electron chi connectivity index (χ4n) is 0.356. The predicted molar refractivity (Wildman–Crippen MR) is 104 cm³/mol. The highest BCUT2D eigenvalue weighted by atomic mass is 127. The molecule has 0 N–H and O–H groups in total. The second-order valence-electron chi connectivity index (χ2n) is 2.12. The van der Waals surface area contributed by atoms with Crippen LogP contribution >= 0.6 is 87.5 Å². The van der Waals surface area contributed by atoms with Crippen molar-refractivity contribution in [3.05, 3.63) is 37.5 Å². The third-order valence-electron chi connectivity index (χ3n) is 1.04. The molecule has 0 aromatic carbocycles. The summed E-state index contributed by atoms with van der Waals surface area (Å²) in [5.74, 6) is 0. The summed E-state index contributed by atoms with van der Waals surface area (Å²) in [5.41, 5.74) is 0. The van der Waals surface area contributed by atoms with Gasteiger partial charge in [0.1, 0.15) is 42.3 Å². The minimum Gasteiger partial charge on any atom is -0.246 e. The third-order valence-corrected chi connectivity index (χ3v) is 6.57. The van der Waals surface area contributed by atoms with Gasteiger partial charge in [-0.05, 0) is 12.2 Å². The first-order valence-electron chi connectivity index (χ1n) is 3.85. The van der Waals surface area contributed by atoms with Crippen molar-refractivity contribution in [3.63, 3.8) is 0 Å². The van der Waals surface area contributed by atoms with Crippen LogP contribution in [0.3, 0.4) is 0 Å². The molecule has 0 saturated carbocycles. The summed E-state index contributed by atoms with van der Waals surface area (Å²) >= 11 is 3.83. The van der Waals surface area contributed by atoms with Crippen LogP contribution in [-0.4, -0.2) is 15.2 Å². The van der Waals surface area contributed by atoms with Gasteiger partial charge >= 0.3 is 0 Å². The van der Waals surface area contributed by atoms with Crippen molar-refractivity contribution >= 4 is 94.8 Å². The van der Waals surface area contributed by atoms with Gasteiger partial charge in [-0.3, -0.25) is 0 Å². The van der Waals surface area contributed by atoms with E-state index in [9.17, 15) is 0 Å². The normalized spacial score (nSPS) is 12.9. The molecule has 5 heteroatoms. The van der Waals surface area contributed by atoms with Gasteiger partial charge in [-0.2, -0.15) is 0 Å². The van der Waals surface area contributed by atoms with Crippen LogP contribution in [-0.2, 0) is 1.40 Å². The molecular formula is C10H10I4O. The molecule has 1 nitrogen and oxygen atoms in total. The Bertz CT molecular complexity index is 290. The highest BCUT2D eigenvalue weighted by molar-refractivity contribution is 14.2. The largest absolute Gasteiger partial charge is 0.246 e. The molecule has 15 heavy (non-hydrogen) atoms. The van der Waals surface area contributed by atoms with E-state index in [-0.39, 0.29) is 42.3 Å². The van der Waals surface area contributed by atoms with Crippen LogP contribution in [0.15, 0.2) is 37.5 Å². The van der Waals surface area contributed by atoms with E-state index in [1.165, 1.54) is 0 Å². The van der Waals surface area contributed by atoms with E-state index in [0.717, 1.165) is 0 Å². The number of hydrogen-bond acceptors (Lipinski definition) is 1. The van der Waals surface area contributed by atoms with Crippen LogP contribution in [0.25, 0.3) is 0 Å². The third kappa shape index (κ3) is 11.9. The van der Waals surface area contributed by atoms with Crippen LogP contribution < -0.4 is 0 Å². The van der Waals surface area contributed by atoms with Crippen molar-refractivity contribution in [2.24, 2.45) is 0 Å². The van der Waals surface area contributed by atoms with E-state index < -0.39 is 0 Å². The summed E-state index contributed by atoms with van der Waals surface area (Å²) < 4.78 is 12.6. The van der Waals surface area contributed by atoms with E-state index in [1.54, 1.807) is 0 Å². The summed E-state index contributed by atoms with van der Waals surface area (Å²) in [4.78, 5) is 0. The van der Waals surface area contributed by atoms with Crippen molar-refractivity contribution in [1.29, 1.82) is 0 Å². The molecule has 0 amide bonds. The zero-order valence-corrected chi connectivity index (χ0v) is 16.4. The minimum absolute atomic E-state index is 0.364. The van der Waals surface area contributed by atoms with Crippen molar-refractivity contribution in [2.45, 2.75) is 7.85 Å². The Kier molecular flexibility index (Phi) is 13.5. The van der Waals surface area contributed by atoms with Gasteiger partial charge in [0.05, 0.1) is 7.85 Å². The Labute approximate surface area is 139 Å². The Balaban J connectivity index is 3.98. The Hall–Kier alpha value is 1.66. The van der Waals surface area contributed by atoms with Gasteiger partial charge in [-0.1, -0.05) is 64.7 Å². The van der Waals surface area contributed by atoms with Crippen LogP contribution in [0.1, 0.15) is 0 Å². The van der Waals surface area contributed by atoms with Crippen LogP contribution in [0, 0.1) is 0 Å². The summed E-state index contributed by atoms with van der Waals surface area (Å²) in [7, 11) is 0. The molecule has 0 saturated heterocycles. The molecule has 0 aromatic rings. The monoisotopic (exact) mass is 654 g/mol. The Morgan fingerprint density at radius 3 is 1.73 bits per heavy atom. The number of allylic oxidation sites excluding steroid dienone is 4. The molecule has 84 valence electrons. The molecule has 0 aliphatic rings. The van der Waals surface area contributed by atoms with Gasteiger partial charge in [0.15, 0.2) is 0 Å². The molecule has 2 unspecified atom stereocenters. The van der Waals surface area contributed by atoms with Gasteiger partial charge < -0.3 is 0 Å². The lowest BCUT2D eigenvalue weighted by atomic mass is 10.4. The molecule has 0 heterocycles. The molecule has 0 aliphatic carbocycles. The highest BCUT2D eigenvalue weighted by Gasteiger charge is 1.86. The zero-order valence-electron chi connectivity index (χ0n) is 7.80. The van der Waals surface area contributed by atoms with Crippen molar-refractivity contribution in [3.8, 4) is 0 Å². The predicted octanol–water partition coefficient (Wildman–Crippen LogP) is 4.67. The maximum Gasteiger partial charge on any atom is 0.111 e. The van der Waals surface area contributed by atoms with Crippen LogP contribution in [0.4, 0.5) is 0 Å². The Morgan fingerprint density at radius 1 is 1.00 bits per heavy atom. The SMILES string of the molecule is C=CC(I)C=C=IOI=C=CC(I)C=C. The molecule has 0 aliphatic heterocycles. The molecule has 0 bridgehead atoms. The second-order valence-corrected chi connectivity index (χ2v) is 9.69. The van der Waals surface area contributed by atoms with Gasteiger partial charge in [0, 0.05) is 0 Å². The smallest absolute Gasteiger partial charge is 0.111 e. The fraction of sp³-hybridized carbons (Fsp3) is 0.200. The standard InChI is InChI=1S/C10H10I4O/c1-3-9(11)5-7-13-15-14-8-6-10(12)4-2/h3-6,9-10H,1-2H2. The molecule has 0 fully saturated rings. The van der Waals surface area contributed by atoms with E-state index in [2.05, 4.69) is 65.7 Å². The van der Waals surface area contributed by atoms with E-state index in [1.807, 2.05) is 24.3 Å². The van der Waals surface area contributed by atoms with Crippen LogP contribution in [0.5, 0.6) is 0 Å². The van der Waals surface area contributed by atoms with Gasteiger partial charge in [0.2, 0.25) is 0 Å². The van der Waals surface area contributed by atoms with Gasteiger partial charge in [-0.25, -0.2) is 1.40 Å². The quantitative estimate of drug-likeness (QED) is 0.230. The van der Waals surface area contributed by atoms with E-state index in [4.69, 9.17) is 1.40 Å². The summed E-state index contributed by atoms with van der Waals surface area (Å²) in [5, 5.41) is 0.